The average Bonchev–Trinajstić information content (AvgIpc) is 2.62. The summed E-state index contributed by atoms with van der Waals surface area (Å²) in [6, 6.07) is 0. The van der Waals surface area contributed by atoms with Crippen LogP contribution >= 0.6 is 0 Å². The predicted molar refractivity (Wildman–Crippen MR) is 104 cm³/mol. The molecule has 9 heteroatoms. The number of ether oxygens (including phenoxy) is 2. The van der Waals surface area contributed by atoms with Crippen molar-refractivity contribution in [2.45, 2.75) is 52.1 Å². The van der Waals surface area contributed by atoms with Crippen molar-refractivity contribution in [2.75, 3.05) is 26.3 Å². The quantitative estimate of drug-likeness (QED) is 0.427. The van der Waals surface area contributed by atoms with Gasteiger partial charge in [-0.2, -0.15) is 0 Å². The number of esters is 2. The molecule has 2 atom stereocenters. The number of aliphatic hydroxyl groups is 1. The van der Waals surface area contributed by atoms with Crippen molar-refractivity contribution < 1.29 is 33.8 Å². The number of aliphatic hydroxyl groups excluding tert-OH is 1. The molecule has 0 fully saturated rings. The Morgan fingerprint density at radius 1 is 1.21 bits per heavy atom. The van der Waals surface area contributed by atoms with Gasteiger partial charge in [-0.15, -0.1) is 0 Å². The van der Waals surface area contributed by atoms with Gasteiger partial charge in [0.15, 0.2) is 0 Å². The molecule has 29 heavy (non-hydrogen) atoms. The first-order valence-electron chi connectivity index (χ1n) is 9.81. The minimum Gasteiger partial charge on any atom is -0.464 e. The molecule has 0 aromatic carbocycles. The molecule has 1 heterocycles. The Morgan fingerprint density at radius 2 is 1.86 bits per heavy atom. The van der Waals surface area contributed by atoms with Gasteiger partial charge in [0.05, 0.1) is 31.4 Å². The number of nitrogens with one attached hydrogen (secondary N) is 2. The van der Waals surface area contributed by atoms with Gasteiger partial charge in [-0.3, -0.25) is 19.2 Å². The smallest absolute Gasteiger partial charge is 0.309 e. The number of hydrogen-bond donors (Lipinski definition) is 3. The molecular formula is C20H32N2O7. The van der Waals surface area contributed by atoms with E-state index < -0.39 is 29.4 Å². The largest absolute Gasteiger partial charge is 0.464 e. The van der Waals surface area contributed by atoms with Crippen LogP contribution in [0.3, 0.4) is 0 Å². The van der Waals surface area contributed by atoms with Crippen LogP contribution in [0.15, 0.2) is 12.2 Å². The number of amides is 2. The summed E-state index contributed by atoms with van der Waals surface area (Å²) in [6.07, 6.45) is 3.90. The van der Waals surface area contributed by atoms with E-state index in [1.54, 1.807) is 32.9 Å². The Morgan fingerprint density at radius 3 is 2.48 bits per heavy atom. The molecule has 1 aliphatic heterocycles. The Balaban J connectivity index is 2.76. The summed E-state index contributed by atoms with van der Waals surface area (Å²) < 4.78 is 10.5. The molecular weight excluding hydrogens is 380 g/mol. The van der Waals surface area contributed by atoms with Crippen LogP contribution in [-0.4, -0.2) is 60.8 Å². The molecule has 3 N–H and O–H groups in total. The van der Waals surface area contributed by atoms with E-state index in [-0.39, 0.29) is 57.4 Å². The predicted octanol–water partition coefficient (Wildman–Crippen LogP) is 0.459. The normalized spacial score (nSPS) is 22.3. The number of rotatable bonds is 6. The summed E-state index contributed by atoms with van der Waals surface area (Å²) in [7, 11) is 0. The molecule has 164 valence electrons. The van der Waals surface area contributed by atoms with Gasteiger partial charge in [0.1, 0.15) is 12.2 Å². The summed E-state index contributed by atoms with van der Waals surface area (Å²) in [6.45, 7) is 5.31. The van der Waals surface area contributed by atoms with E-state index >= 15 is 0 Å². The SMILES string of the molecule is CC(C)(C)OC(=O)C[C@H]1C/C=C\C[C@H](CC(=O)NCCO)C(=O)NCCOC1=O. The summed E-state index contributed by atoms with van der Waals surface area (Å²) in [4.78, 5) is 48.5. The zero-order valence-corrected chi connectivity index (χ0v) is 17.4. The zero-order chi connectivity index (χ0) is 21.9. The van der Waals surface area contributed by atoms with Crippen LogP contribution in [0.4, 0.5) is 0 Å². The second-order valence-electron chi connectivity index (χ2n) is 7.86. The first-order chi connectivity index (χ1) is 13.6. The molecule has 0 saturated heterocycles. The molecule has 0 bridgehead atoms. The number of allylic oxidation sites excluding steroid dienone is 2. The third-order valence-electron chi connectivity index (χ3n) is 4.06. The third-order valence-corrected chi connectivity index (χ3v) is 4.06. The maximum Gasteiger partial charge on any atom is 0.309 e. The molecule has 1 aliphatic rings. The van der Waals surface area contributed by atoms with E-state index in [4.69, 9.17) is 14.6 Å². The van der Waals surface area contributed by atoms with Crippen molar-refractivity contribution in [2.24, 2.45) is 11.8 Å². The molecule has 0 aromatic heterocycles. The fourth-order valence-corrected chi connectivity index (χ4v) is 2.73. The molecule has 0 aromatic rings. The van der Waals surface area contributed by atoms with Crippen LogP contribution < -0.4 is 10.6 Å². The molecule has 1 rings (SSSR count). The van der Waals surface area contributed by atoms with Gasteiger partial charge >= 0.3 is 11.9 Å². The highest BCUT2D eigenvalue weighted by Gasteiger charge is 2.27. The highest BCUT2D eigenvalue weighted by atomic mass is 16.6. The lowest BCUT2D eigenvalue weighted by Gasteiger charge is -2.22. The first-order valence-corrected chi connectivity index (χ1v) is 9.81. The van der Waals surface area contributed by atoms with E-state index in [0.29, 0.717) is 6.42 Å². The lowest BCUT2D eigenvalue weighted by Crippen LogP contribution is -2.37. The van der Waals surface area contributed by atoms with E-state index in [0.717, 1.165) is 0 Å². The van der Waals surface area contributed by atoms with Gasteiger partial charge < -0.3 is 25.2 Å². The monoisotopic (exact) mass is 412 g/mol. The van der Waals surface area contributed by atoms with Gasteiger partial charge in [0.2, 0.25) is 11.8 Å². The lowest BCUT2D eigenvalue weighted by atomic mass is 9.97. The van der Waals surface area contributed by atoms with Gasteiger partial charge in [-0.05, 0) is 33.6 Å². The summed E-state index contributed by atoms with van der Waals surface area (Å²) in [5, 5.41) is 13.9. The third kappa shape index (κ3) is 10.6. The minimum atomic E-state index is -0.678. The van der Waals surface area contributed by atoms with Crippen LogP contribution in [-0.2, 0) is 28.7 Å². The average molecular weight is 412 g/mol. The van der Waals surface area contributed by atoms with Crippen LogP contribution in [0.25, 0.3) is 0 Å². The highest BCUT2D eigenvalue weighted by molar-refractivity contribution is 5.86. The topological polar surface area (TPSA) is 131 Å². The number of cyclic esters (lactones) is 1. The molecule has 0 spiro atoms. The molecule has 0 saturated carbocycles. The van der Waals surface area contributed by atoms with Crippen molar-refractivity contribution in [3.63, 3.8) is 0 Å². The van der Waals surface area contributed by atoms with Crippen molar-refractivity contribution in [1.29, 1.82) is 0 Å². The van der Waals surface area contributed by atoms with Gasteiger partial charge in [-0.25, -0.2) is 0 Å². The maximum atomic E-state index is 12.3. The lowest BCUT2D eigenvalue weighted by molar-refractivity contribution is -0.161. The van der Waals surface area contributed by atoms with E-state index in [2.05, 4.69) is 10.6 Å². The molecule has 0 aliphatic carbocycles. The van der Waals surface area contributed by atoms with Crippen molar-refractivity contribution >= 4 is 23.8 Å². The first kappa shape index (κ1) is 24.6. The number of carbonyl (C=O) groups excluding carboxylic acids is 4. The van der Waals surface area contributed by atoms with E-state index in [1.165, 1.54) is 0 Å². The fourth-order valence-electron chi connectivity index (χ4n) is 2.73. The van der Waals surface area contributed by atoms with Crippen molar-refractivity contribution in [3.05, 3.63) is 12.2 Å². The van der Waals surface area contributed by atoms with Gasteiger partial charge in [-0.1, -0.05) is 12.2 Å². The van der Waals surface area contributed by atoms with E-state index in [9.17, 15) is 19.2 Å². The number of carbonyl (C=O) groups is 4. The standard InChI is InChI=1S/C20H32N2O7/c1-20(2,3)29-17(25)13-15-7-5-4-6-14(12-16(24)21-8-10-23)18(26)22-9-11-28-19(15)27/h4-5,14-15,23H,6-13H2,1-3H3,(H,21,24)(H,22,26)/b5-4-/t14-,15-/m1/s1. The summed E-state index contributed by atoms with van der Waals surface area (Å²) >= 11 is 0. The van der Waals surface area contributed by atoms with E-state index in [1.807, 2.05) is 0 Å². The zero-order valence-electron chi connectivity index (χ0n) is 17.4. The van der Waals surface area contributed by atoms with Crippen LogP contribution in [0.5, 0.6) is 0 Å². The Labute approximate surface area is 171 Å². The van der Waals surface area contributed by atoms with Gasteiger partial charge in [0, 0.05) is 13.0 Å². The van der Waals surface area contributed by atoms with Crippen LogP contribution in [0, 0.1) is 11.8 Å². The molecule has 0 unspecified atom stereocenters. The number of hydrogen-bond acceptors (Lipinski definition) is 7. The van der Waals surface area contributed by atoms with Gasteiger partial charge in [0.25, 0.3) is 0 Å². The minimum absolute atomic E-state index is 0.0166. The van der Waals surface area contributed by atoms with Crippen molar-refractivity contribution in [1.82, 2.24) is 10.6 Å². The maximum absolute atomic E-state index is 12.3. The Bertz CT molecular complexity index is 610. The fraction of sp³-hybridized carbons (Fsp3) is 0.700. The van der Waals surface area contributed by atoms with Crippen molar-refractivity contribution in [3.8, 4) is 0 Å². The Kier molecular flexibility index (Phi) is 10.4. The molecule has 2 amide bonds. The second kappa shape index (κ2) is 12.2. The summed E-state index contributed by atoms with van der Waals surface area (Å²) in [5.74, 6) is -2.89. The highest BCUT2D eigenvalue weighted by Crippen LogP contribution is 2.18. The Hall–Kier alpha value is -2.42. The summed E-state index contributed by atoms with van der Waals surface area (Å²) in [5.41, 5.74) is -0.643. The van der Waals surface area contributed by atoms with Crippen LogP contribution in [0.2, 0.25) is 0 Å². The molecule has 0 radical (unpaired) electrons. The molecule has 9 nitrogen and oxygen atoms in total. The second-order valence-corrected chi connectivity index (χ2v) is 7.86. The van der Waals surface area contributed by atoms with Crippen LogP contribution in [0.1, 0.15) is 46.5 Å².